The molecule has 7 heteroatoms. The average Bonchev–Trinajstić information content (AvgIpc) is 3.21. The number of anilines is 1. The zero-order valence-electron chi connectivity index (χ0n) is 14.3. The first-order chi connectivity index (χ1) is 13.0. The number of urea groups is 1. The average molecular weight is 379 g/mol. The molecule has 0 aliphatic heterocycles. The van der Waals surface area contributed by atoms with Crippen LogP contribution < -0.4 is 16.4 Å². The molecule has 3 aromatic rings. The second kappa shape index (κ2) is 8.29. The Morgan fingerprint density at radius 3 is 2.22 bits per heavy atom. The van der Waals surface area contributed by atoms with E-state index >= 15 is 0 Å². The van der Waals surface area contributed by atoms with Gasteiger partial charge in [0.25, 0.3) is 5.91 Å². The minimum Gasteiger partial charge on any atom is -0.351 e. The number of rotatable bonds is 6. The van der Waals surface area contributed by atoms with Crippen molar-refractivity contribution in [1.82, 2.24) is 5.32 Å². The number of carbonyl (C=O) groups excluding carboxylic acids is 3. The third-order valence-electron chi connectivity index (χ3n) is 3.84. The summed E-state index contributed by atoms with van der Waals surface area (Å²) in [5, 5.41) is 7.11. The van der Waals surface area contributed by atoms with Crippen molar-refractivity contribution in [3.05, 3.63) is 87.6 Å². The summed E-state index contributed by atoms with van der Waals surface area (Å²) in [5.41, 5.74) is 7.20. The minimum atomic E-state index is -0.636. The Labute approximate surface area is 160 Å². The molecule has 6 nitrogen and oxygen atoms in total. The largest absolute Gasteiger partial charge is 0.351 e. The van der Waals surface area contributed by atoms with E-state index in [9.17, 15) is 14.4 Å². The van der Waals surface area contributed by atoms with Crippen molar-refractivity contribution in [2.75, 3.05) is 5.32 Å². The predicted octanol–water partition coefficient (Wildman–Crippen LogP) is 3.40. The summed E-state index contributed by atoms with van der Waals surface area (Å²) in [4.78, 5) is 36.6. The highest BCUT2D eigenvalue weighted by molar-refractivity contribution is 7.12. The van der Waals surface area contributed by atoms with E-state index in [-0.39, 0.29) is 18.2 Å². The van der Waals surface area contributed by atoms with Crippen LogP contribution in [0.4, 0.5) is 10.5 Å². The van der Waals surface area contributed by atoms with Gasteiger partial charge in [-0.25, -0.2) is 4.79 Å². The van der Waals surface area contributed by atoms with E-state index in [1.807, 2.05) is 5.38 Å². The quantitative estimate of drug-likeness (QED) is 0.572. The number of hydrogen-bond donors (Lipinski definition) is 3. The van der Waals surface area contributed by atoms with E-state index in [0.29, 0.717) is 21.7 Å². The van der Waals surface area contributed by atoms with Gasteiger partial charge in [0.1, 0.15) is 0 Å². The van der Waals surface area contributed by atoms with Crippen molar-refractivity contribution in [2.45, 2.75) is 6.54 Å². The Hall–Kier alpha value is -3.45. The topological polar surface area (TPSA) is 101 Å². The van der Waals surface area contributed by atoms with E-state index < -0.39 is 6.03 Å². The van der Waals surface area contributed by atoms with Crippen LogP contribution in [-0.4, -0.2) is 17.7 Å². The highest BCUT2D eigenvalue weighted by Crippen LogP contribution is 2.18. The first-order valence-corrected chi connectivity index (χ1v) is 9.03. The molecule has 0 aliphatic rings. The Morgan fingerprint density at radius 1 is 0.889 bits per heavy atom. The lowest BCUT2D eigenvalue weighted by molar-refractivity contribution is 0.0940. The summed E-state index contributed by atoms with van der Waals surface area (Å²) in [6, 6.07) is 16.6. The summed E-state index contributed by atoms with van der Waals surface area (Å²) in [5.74, 6) is -0.493. The Balaban J connectivity index is 1.70. The molecule has 0 atom stereocenters. The van der Waals surface area contributed by atoms with Gasteiger partial charge in [0.05, 0.1) is 10.4 Å². The molecular weight excluding hydrogens is 362 g/mol. The molecule has 1 heterocycles. The van der Waals surface area contributed by atoms with Crippen molar-refractivity contribution >= 4 is 34.7 Å². The van der Waals surface area contributed by atoms with Crippen LogP contribution in [0.5, 0.6) is 0 Å². The maximum Gasteiger partial charge on any atom is 0.316 e. The fourth-order valence-electron chi connectivity index (χ4n) is 2.55. The van der Waals surface area contributed by atoms with Crippen molar-refractivity contribution in [3.63, 3.8) is 0 Å². The molecule has 0 spiro atoms. The number of hydrogen-bond acceptors (Lipinski definition) is 4. The van der Waals surface area contributed by atoms with E-state index in [1.54, 1.807) is 60.7 Å². The SMILES string of the molecule is NC(=O)Nc1ccc(CNC(=O)c2ccccc2C(=O)c2cccs2)cc1. The number of primary amides is 1. The highest BCUT2D eigenvalue weighted by atomic mass is 32.1. The summed E-state index contributed by atoms with van der Waals surface area (Å²) >= 11 is 1.34. The molecule has 0 saturated heterocycles. The molecule has 0 radical (unpaired) electrons. The van der Waals surface area contributed by atoms with Gasteiger partial charge >= 0.3 is 6.03 Å². The van der Waals surface area contributed by atoms with Gasteiger partial charge in [-0.2, -0.15) is 0 Å². The normalized spacial score (nSPS) is 10.2. The zero-order chi connectivity index (χ0) is 19.2. The van der Waals surface area contributed by atoms with Crippen LogP contribution in [-0.2, 0) is 6.54 Å². The predicted molar refractivity (Wildman–Crippen MR) is 105 cm³/mol. The lowest BCUT2D eigenvalue weighted by atomic mass is 10.0. The first kappa shape index (κ1) is 18.3. The number of amides is 3. The smallest absolute Gasteiger partial charge is 0.316 e. The molecule has 136 valence electrons. The molecule has 0 bridgehead atoms. The molecule has 27 heavy (non-hydrogen) atoms. The Kier molecular flexibility index (Phi) is 5.63. The standard InChI is InChI=1S/C20H17N3O3S/c21-20(26)23-14-9-7-13(8-10-14)12-22-19(25)16-5-2-1-4-15(16)18(24)17-6-3-11-27-17/h1-11H,12H2,(H,22,25)(H3,21,23,26). The van der Waals surface area contributed by atoms with Crippen molar-refractivity contribution in [1.29, 1.82) is 0 Å². The van der Waals surface area contributed by atoms with E-state index in [1.165, 1.54) is 11.3 Å². The molecule has 2 aromatic carbocycles. The van der Waals surface area contributed by atoms with Crippen molar-refractivity contribution < 1.29 is 14.4 Å². The van der Waals surface area contributed by atoms with Crippen LogP contribution in [0.3, 0.4) is 0 Å². The lowest BCUT2D eigenvalue weighted by Gasteiger charge is -2.10. The Morgan fingerprint density at radius 2 is 1.59 bits per heavy atom. The second-order valence-electron chi connectivity index (χ2n) is 5.72. The summed E-state index contributed by atoms with van der Waals surface area (Å²) in [6.45, 7) is 0.289. The van der Waals surface area contributed by atoms with Crippen LogP contribution in [0.1, 0.15) is 31.2 Å². The molecule has 0 fully saturated rings. The number of ketones is 1. The molecular formula is C20H17N3O3S. The van der Waals surface area contributed by atoms with Gasteiger partial charge in [0.2, 0.25) is 5.78 Å². The molecule has 3 rings (SSSR count). The molecule has 4 N–H and O–H groups in total. The number of nitrogens with one attached hydrogen (secondary N) is 2. The molecule has 1 aromatic heterocycles. The van der Waals surface area contributed by atoms with Crippen LogP contribution >= 0.6 is 11.3 Å². The van der Waals surface area contributed by atoms with Gasteiger partial charge in [0, 0.05) is 17.8 Å². The summed E-state index contributed by atoms with van der Waals surface area (Å²) in [7, 11) is 0. The molecule has 0 unspecified atom stereocenters. The fourth-order valence-corrected chi connectivity index (χ4v) is 3.22. The van der Waals surface area contributed by atoms with Gasteiger partial charge in [-0.15, -0.1) is 11.3 Å². The monoisotopic (exact) mass is 379 g/mol. The number of nitrogens with two attached hydrogens (primary N) is 1. The van der Waals surface area contributed by atoms with Gasteiger partial charge in [-0.3, -0.25) is 9.59 Å². The highest BCUT2D eigenvalue weighted by Gasteiger charge is 2.18. The van der Waals surface area contributed by atoms with Crippen LogP contribution in [0, 0.1) is 0 Å². The van der Waals surface area contributed by atoms with Crippen LogP contribution in [0.15, 0.2) is 66.0 Å². The van der Waals surface area contributed by atoms with Gasteiger partial charge in [-0.05, 0) is 35.2 Å². The first-order valence-electron chi connectivity index (χ1n) is 8.15. The van der Waals surface area contributed by atoms with E-state index in [0.717, 1.165) is 5.56 Å². The van der Waals surface area contributed by atoms with Crippen molar-refractivity contribution in [3.8, 4) is 0 Å². The molecule has 0 saturated carbocycles. The van der Waals surface area contributed by atoms with Gasteiger partial charge < -0.3 is 16.4 Å². The van der Waals surface area contributed by atoms with E-state index in [4.69, 9.17) is 5.73 Å². The summed E-state index contributed by atoms with van der Waals surface area (Å²) in [6.07, 6.45) is 0. The third kappa shape index (κ3) is 4.59. The Bertz CT molecular complexity index is 966. The van der Waals surface area contributed by atoms with Crippen LogP contribution in [0.25, 0.3) is 0 Å². The van der Waals surface area contributed by atoms with Crippen LogP contribution in [0.2, 0.25) is 0 Å². The van der Waals surface area contributed by atoms with E-state index in [2.05, 4.69) is 10.6 Å². The fraction of sp³-hybridized carbons (Fsp3) is 0.0500. The number of carbonyl (C=O) groups is 3. The number of benzene rings is 2. The van der Waals surface area contributed by atoms with Crippen molar-refractivity contribution in [2.24, 2.45) is 5.73 Å². The maximum atomic E-state index is 12.6. The van der Waals surface area contributed by atoms with Gasteiger partial charge in [-0.1, -0.05) is 36.4 Å². The minimum absolute atomic E-state index is 0.169. The second-order valence-corrected chi connectivity index (χ2v) is 6.67. The molecule has 0 aliphatic carbocycles. The van der Waals surface area contributed by atoms with Gasteiger partial charge in [0.15, 0.2) is 0 Å². The summed E-state index contributed by atoms with van der Waals surface area (Å²) < 4.78 is 0. The molecule has 3 amide bonds. The lowest BCUT2D eigenvalue weighted by Crippen LogP contribution is -2.25. The third-order valence-corrected chi connectivity index (χ3v) is 4.70. The zero-order valence-corrected chi connectivity index (χ0v) is 15.1. The number of thiophene rings is 1. The maximum absolute atomic E-state index is 12.6.